The highest BCUT2D eigenvalue weighted by atomic mass is 19.1. The van der Waals surface area contributed by atoms with Gasteiger partial charge in [0.05, 0.1) is 23.8 Å². The lowest BCUT2D eigenvalue weighted by Gasteiger charge is -2.32. The van der Waals surface area contributed by atoms with Crippen LogP contribution in [-0.2, 0) is 13.2 Å². The zero-order chi connectivity index (χ0) is 18.1. The predicted molar refractivity (Wildman–Crippen MR) is 90.6 cm³/mol. The average Bonchev–Trinajstić information content (AvgIpc) is 3.27. The van der Waals surface area contributed by atoms with Crippen LogP contribution in [0.1, 0.15) is 29.2 Å². The molecule has 1 unspecified atom stereocenters. The molecule has 0 radical (unpaired) electrons. The standard InChI is InChI=1S/C17H19FN6O2/c18-12-3-4-14-15(6-12)20-16(19-14)17(26)23-5-1-2-11(7-23)8-24-9-13(10-25)21-22-24/h3-4,6,9,11,25H,1-2,5,7-8,10H2,(H,19,20). The fourth-order valence-electron chi connectivity index (χ4n) is 3.40. The summed E-state index contributed by atoms with van der Waals surface area (Å²) in [6.45, 7) is 1.77. The highest BCUT2D eigenvalue weighted by molar-refractivity contribution is 5.94. The maximum absolute atomic E-state index is 13.3. The third-order valence-corrected chi connectivity index (χ3v) is 4.65. The minimum Gasteiger partial charge on any atom is -0.390 e. The van der Waals surface area contributed by atoms with E-state index in [0.29, 0.717) is 36.4 Å². The van der Waals surface area contributed by atoms with E-state index < -0.39 is 0 Å². The van der Waals surface area contributed by atoms with Gasteiger partial charge in [0.1, 0.15) is 11.5 Å². The van der Waals surface area contributed by atoms with E-state index in [2.05, 4.69) is 20.3 Å². The molecule has 3 aromatic rings. The highest BCUT2D eigenvalue weighted by Gasteiger charge is 2.27. The number of fused-ring (bicyclic) bond motifs is 1. The van der Waals surface area contributed by atoms with Gasteiger partial charge in [-0.05, 0) is 37.0 Å². The molecule has 1 fully saturated rings. The van der Waals surface area contributed by atoms with E-state index in [4.69, 9.17) is 5.11 Å². The fraction of sp³-hybridized carbons (Fsp3) is 0.412. The molecule has 0 saturated carbocycles. The number of nitrogens with zero attached hydrogens (tertiary/aromatic N) is 5. The van der Waals surface area contributed by atoms with E-state index in [0.717, 1.165) is 12.8 Å². The molecule has 0 spiro atoms. The number of amides is 1. The van der Waals surface area contributed by atoms with Crippen molar-refractivity contribution >= 4 is 16.9 Å². The minimum absolute atomic E-state index is 0.137. The molecule has 8 nitrogen and oxygen atoms in total. The molecule has 0 bridgehead atoms. The van der Waals surface area contributed by atoms with Crippen molar-refractivity contribution in [2.45, 2.75) is 26.0 Å². The van der Waals surface area contributed by atoms with Crippen LogP contribution in [0.25, 0.3) is 11.0 Å². The first-order valence-corrected chi connectivity index (χ1v) is 8.57. The molecule has 26 heavy (non-hydrogen) atoms. The smallest absolute Gasteiger partial charge is 0.289 e. The van der Waals surface area contributed by atoms with Gasteiger partial charge < -0.3 is 15.0 Å². The first-order chi connectivity index (χ1) is 12.6. The molecule has 1 aliphatic rings. The van der Waals surface area contributed by atoms with Gasteiger partial charge in [0.15, 0.2) is 5.82 Å². The lowest BCUT2D eigenvalue weighted by atomic mass is 9.98. The summed E-state index contributed by atoms with van der Waals surface area (Å²) in [5, 5.41) is 16.9. The molecule has 3 heterocycles. The number of aliphatic hydroxyl groups is 1. The van der Waals surface area contributed by atoms with Gasteiger partial charge in [0.2, 0.25) is 0 Å². The molecule has 9 heteroatoms. The number of benzene rings is 1. The van der Waals surface area contributed by atoms with Crippen LogP contribution in [0.3, 0.4) is 0 Å². The summed E-state index contributed by atoms with van der Waals surface area (Å²) in [6, 6.07) is 4.22. The van der Waals surface area contributed by atoms with Gasteiger partial charge in [-0.15, -0.1) is 5.10 Å². The summed E-state index contributed by atoms with van der Waals surface area (Å²) in [5.74, 6) is -0.0634. The number of hydrogen-bond acceptors (Lipinski definition) is 5. The molecular formula is C17H19FN6O2. The number of rotatable bonds is 4. The zero-order valence-corrected chi connectivity index (χ0v) is 14.1. The number of hydrogen-bond donors (Lipinski definition) is 2. The Morgan fingerprint density at radius 1 is 1.42 bits per heavy atom. The minimum atomic E-state index is -0.367. The molecule has 1 saturated heterocycles. The number of likely N-dealkylation sites (tertiary alicyclic amines) is 1. The van der Waals surface area contributed by atoms with Crippen LogP contribution in [0, 0.1) is 11.7 Å². The summed E-state index contributed by atoms with van der Waals surface area (Å²) < 4.78 is 15.0. The zero-order valence-electron chi connectivity index (χ0n) is 14.1. The van der Waals surface area contributed by atoms with Crippen molar-refractivity contribution in [1.29, 1.82) is 0 Å². The third kappa shape index (κ3) is 3.30. The topological polar surface area (TPSA) is 99.9 Å². The Bertz CT molecular complexity index is 936. The summed E-state index contributed by atoms with van der Waals surface area (Å²) in [6.07, 6.45) is 3.60. The highest BCUT2D eigenvalue weighted by Crippen LogP contribution is 2.21. The van der Waals surface area contributed by atoms with Crippen molar-refractivity contribution in [2.75, 3.05) is 13.1 Å². The Morgan fingerprint density at radius 2 is 2.31 bits per heavy atom. The van der Waals surface area contributed by atoms with Gasteiger partial charge in [-0.2, -0.15) is 0 Å². The number of H-pyrrole nitrogens is 1. The molecule has 1 atom stereocenters. The molecule has 2 N–H and O–H groups in total. The Kier molecular flexibility index (Phi) is 4.37. The van der Waals surface area contributed by atoms with Crippen molar-refractivity contribution < 1.29 is 14.3 Å². The third-order valence-electron chi connectivity index (χ3n) is 4.65. The molecule has 4 rings (SSSR count). The average molecular weight is 358 g/mol. The van der Waals surface area contributed by atoms with Crippen LogP contribution in [0.15, 0.2) is 24.4 Å². The maximum atomic E-state index is 13.3. The Balaban J connectivity index is 1.46. The van der Waals surface area contributed by atoms with Gasteiger partial charge in [-0.1, -0.05) is 5.21 Å². The van der Waals surface area contributed by atoms with E-state index in [9.17, 15) is 9.18 Å². The summed E-state index contributed by atoms with van der Waals surface area (Å²) >= 11 is 0. The largest absolute Gasteiger partial charge is 0.390 e. The number of halogens is 1. The van der Waals surface area contributed by atoms with E-state index in [1.54, 1.807) is 21.8 Å². The van der Waals surface area contributed by atoms with E-state index in [1.807, 2.05) is 0 Å². The predicted octanol–water partition coefficient (Wildman–Crippen LogP) is 1.34. The van der Waals surface area contributed by atoms with E-state index in [1.165, 1.54) is 12.1 Å². The van der Waals surface area contributed by atoms with Gasteiger partial charge in [-0.3, -0.25) is 9.48 Å². The van der Waals surface area contributed by atoms with Crippen LogP contribution in [-0.4, -0.2) is 54.0 Å². The normalized spacial score (nSPS) is 17.8. The Morgan fingerprint density at radius 3 is 3.12 bits per heavy atom. The monoisotopic (exact) mass is 358 g/mol. The van der Waals surface area contributed by atoms with E-state index >= 15 is 0 Å². The second-order valence-corrected chi connectivity index (χ2v) is 6.60. The number of aliphatic hydroxyl groups excluding tert-OH is 1. The van der Waals surface area contributed by atoms with Crippen LogP contribution in [0.5, 0.6) is 0 Å². The van der Waals surface area contributed by atoms with Crippen LogP contribution in [0.2, 0.25) is 0 Å². The van der Waals surface area contributed by atoms with Crippen molar-refractivity contribution in [3.63, 3.8) is 0 Å². The first kappa shape index (κ1) is 16.6. The number of aromatic nitrogens is 5. The van der Waals surface area contributed by atoms with Crippen LogP contribution >= 0.6 is 0 Å². The fourth-order valence-corrected chi connectivity index (χ4v) is 3.40. The van der Waals surface area contributed by atoms with Crippen molar-refractivity contribution in [3.8, 4) is 0 Å². The second kappa shape index (κ2) is 6.83. The van der Waals surface area contributed by atoms with Gasteiger partial charge in [-0.25, -0.2) is 9.37 Å². The summed E-state index contributed by atoms with van der Waals surface area (Å²) in [4.78, 5) is 21.7. The summed E-state index contributed by atoms with van der Waals surface area (Å²) in [5.41, 5.74) is 1.62. The van der Waals surface area contributed by atoms with Crippen LogP contribution in [0.4, 0.5) is 4.39 Å². The number of aromatic amines is 1. The lowest BCUT2D eigenvalue weighted by Crippen LogP contribution is -2.41. The number of carbonyl (C=O) groups excluding carboxylic acids is 1. The Labute approximate surface area is 148 Å². The molecule has 1 amide bonds. The van der Waals surface area contributed by atoms with Gasteiger partial charge in [0, 0.05) is 19.6 Å². The number of nitrogens with one attached hydrogen (secondary N) is 1. The number of imidazole rings is 1. The SMILES string of the molecule is O=C(c1nc2ccc(F)cc2[nH]1)N1CCCC(Cn2cc(CO)nn2)C1. The van der Waals surface area contributed by atoms with Crippen molar-refractivity contribution in [1.82, 2.24) is 29.9 Å². The first-order valence-electron chi connectivity index (χ1n) is 8.57. The Hall–Kier alpha value is -2.81. The van der Waals surface area contributed by atoms with Crippen molar-refractivity contribution in [2.24, 2.45) is 5.92 Å². The molecule has 1 aliphatic heterocycles. The summed E-state index contributed by atoms with van der Waals surface area (Å²) in [7, 11) is 0. The van der Waals surface area contributed by atoms with Crippen molar-refractivity contribution in [3.05, 3.63) is 41.7 Å². The molecule has 2 aromatic heterocycles. The maximum Gasteiger partial charge on any atom is 0.289 e. The van der Waals surface area contributed by atoms with Gasteiger partial charge >= 0.3 is 0 Å². The molecule has 0 aliphatic carbocycles. The van der Waals surface area contributed by atoms with Crippen LogP contribution < -0.4 is 0 Å². The quantitative estimate of drug-likeness (QED) is 0.733. The number of piperidine rings is 1. The number of carbonyl (C=O) groups is 1. The molecule has 136 valence electrons. The molecule has 1 aromatic carbocycles. The molecular weight excluding hydrogens is 339 g/mol. The lowest BCUT2D eigenvalue weighted by molar-refractivity contribution is 0.0648. The second-order valence-electron chi connectivity index (χ2n) is 6.60. The van der Waals surface area contributed by atoms with E-state index in [-0.39, 0.29) is 30.1 Å². The van der Waals surface area contributed by atoms with Gasteiger partial charge in [0.25, 0.3) is 5.91 Å².